The summed E-state index contributed by atoms with van der Waals surface area (Å²) in [6.07, 6.45) is 5.20. The number of hydrogen-bond acceptors (Lipinski definition) is 1. The van der Waals surface area contributed by atoms with Gasteiger partial charge in [-0.05, 0) is 56.6 Å². The van der Waals surface area contributed by atoms with E-state index in [0.29, 0.717) is 12.3 Å². The molecule has 0 saturated heterocycles. The SMILES string of the molecule is CCCN(CC1CC1)C(=O)CCc1ccc(C)cc1C. The van der Waals surface area contributed by atoms with Crippen LogP contribution >= 0.6 is 0 Å². The van der Waals surface area contributed by atoms with Crippen molar-refractivity contribution in [2.75, 3.05) is 13.1 Å². The molecule has 0 N–H and O–H groups in total. The van der Waals surface area contributed by atoms with Crippen LogP contribution in [0.25, 0.3) is 0 Å². The number of carbonyl (C=O) groups excluding carboxylic acids is 1. The summed E-state index contributed by atoms with van der Waals surface area (Å²) in [7, 11) is 0. The fourth-order valence-corrected chi connectivity index (χ4v) is 2.73. The lowest BCUT2D eigenvalue weighted by atomic mass is 10.0. The number of nitrogens with zero attached hydrogens (tertiary/aromatic N) is 1. The summed E-state index contributed by atoms with van der Waals surface area (Å²) in [5.74, 6) is 1.12. The zero-order valence-corrected chi connectivity index (χ0v) is 13.1. The molecule has 1 aromatic rings. The molecule has 0 spiro atoms. The predicted octanol–water partition coefficient (Wildman–Crippen LogP) is 3.88. The monoisotopic (exact) mass is 273 g/mol. The fourth-order valence-electron chi connectivity index (χ4n) is 2.73. The van der Waals surface area contributed by atoms with Crippen molar-refractivity contribution < 1.29 is 4.79 Å². The summed E-state index contributed by atoms with van der Waals surface area (Å²) >= 11 is 0. The van der Waals surface area contributed by atoms with Gasteiger partial charge in [-0.2, -0.15) is 0 Å². The van der Waals surface area contributed by atoms with Crippen LogP contribution in [0.5, 0.6) is 0 Å². The predicted molar refractivity (Wildman–Crippen MR) is 83.8 cm³/mol. The Balaban J connectivity index is 1.88. The number of amides is 1. The van der Waals surface area contributed by atoms with Crippen LogP contribution in [0.3, 0.4) is 0 Å². The number of rotatable bonds is 7. The smallest absolute Gasteiger partial charge is 0.222 e. The molecule has 0 unspecified atom stereocenters. The summed E-state index contributed by atoms with van der Waals surface area (Å²) in [6.45, 7) is 8.31. The second-order valence-corrected chi connectivity index (χ2v) is 6.21. The third-order valence-electron chi connectivity index (χ3n) is 4.13. The second-order valence-electron chi connectivity index (χ2n) is 6.21. The van der Waals surface area contributed by atoms with Crippen LogP contribution < -0.4 is 0 Å². The van der Waals surface area contributed by atoms with E-state index in [1.165, 1.54) is 29.5 Å². The van der Waals surface area contributed by atoms with Crippen molar-refractivity contribution in [2.24, 2.45) is 5.92 Å². The maximum absolute atomic E-state index is 12.4. The van der Waals surface area contributed by atoms with Gasteiger partial charge in [0.1, 0.15) is 0 Å². The van der Waals surface area contributed by atoms with E-state index in [2.05, 4.69) is 43.9 Å². The van der Waals surface area contributed by atoms with Crippen molar-refractivity contribution in [1.29, 1.82) is 0 Å². The quantitative estimate of drug-likeness (QED) is 0.738. The number of carbonyl (C=O) groups is 1. The average molecular weight is 273 g/mol. The van der Waals surface area contributed by atoms with Crippen LogP contribution in [-0.2, 0) is 11.2 Å². The standard InChI is InChI=1S/C18H27NO/c1-4-11-19(13-16-6-7-16)18(20)10-9-17-8-5-14(2)12-15(17)3/h5,8,12,16H,4,6-7,9-11,13H2,1-3H3. The molecule has 0 aromatic heterocycles. The summed E-state index contributed by atoms with van der Waals surface area (Å²) in [6, 6.07) is 6.51. The highest BCUT2D eigenvalue weighted by molar-refractivity contribution is 5.76. The Morgan fingerprint density at radius 1 is 1.30 bits per heavy atom. The summed E-state index contributed by atoms with van der Waals surface area (Å²) in [5.41, 5.74) is 3.91. The summed E-state index contributed by atoms with van der Waals surface area (Å²) < 4.78 is 0. The first-order chi connectivity index (χ1) is 9.60. The van der Waals surface area contributed by atoms with E-state index in [4.69, 9.17) is 0 Å². The van der Waals surface area contributed by atoms with Crippen LogP contribution in [0.2, 0.25) is 0 Å². The highest BCUT2D eigenvalue weighted by Crippen LogP contribution is 2.30. The van der Waals surface area contributed by atoms with E-state index in [1.807, 2.05) is 0 Å². The second kappa shape index (κ2) is 6.92. The highest BCUT2D eigenvalue weighted by atomic mass is 16.2. The van der Waals surface area contributed by atoms with Crippen molar-refractivity contribution in [3.63, 3.8) is 0 Å². The van der Waals surface area contributed by atoms with Gasteiger partial charge in [-0.15, -0.1) is 0 Å². The number of benzene rings is 1. The minimum Gasteiger partial charge on any atom is -0.342 e. The zero-order valence-electron chi connectivity index (χ0n) is 13.1. The molecule has 0 radical (unpaired) electrons. The van der Waals surface area contributed by atoms with Gasteiger partial charge >= 0.3 is 0 Å². The minimum atomic E-state index is 0.332. The van der Waals surface area contributed by atoms with Crippen molar-refractivity contribution >= 4 is 5.91 Å². The Morgan fingerprint density at radius 2 is 2.05 bits per heavy atom. The molecule has 0 atom stereocenters. The molecule has 0 aliphatic heterocycles. The molecule has 2 rings (SSSR count). The molecule has 110 valence electrons. The van der Waals surface area contributed by atoms with Gasteiger partial charge in [-0.3, -0.25) is 4.79 Å². The first kappa shape index (κ1) is 15.1. The Morgan fingerprint density at radius 3 is 2.65 bits per heavy atom. The fraction of sp³-hybridized carbons (Fsp3) is 0.611. The molecule has 2 nitrogen and oxygen atoms in total. The summed E-state index contributed by atoms with van der Waals surface area (Å²) in [4.78, 5) is 14.5. The van der Waals surface area contributed by atoms with Crippen LogP contribution in [0.4, 0.5) is 0 Å². The van der Waals surface area contributed by atoms with Gasteiger partial charge in [0.05, 0.1) is 0 Å². The van der Waals surface area contributed by atoms with Gasteiger partial charge < -0.3 is 4.90 Å². The lowest BCUT2D eigenvalue weighted by Crippen LogP contribution is -2.33. The van der Waals surface area contributed by atoms with E-state index < -0.39 is 0 Å². The van der Waals surface area contributed by atoms with Crippen molar-refractivity contribution in [3.05, 3.63) is 34.9 Å². The lowest BCUT2D eigenvalue weighted by Gasteiger charge is -2.22. The van der Waals surface area contributed by atoms with Gasteiger partial charge in [0.2, 0.25) is 5.91 Å². The van der Waals surface area contributed by atoms with Gasteiger partial charge in [-0.25, -0.2) is 0 Å². The maximum Gasteiger partial charge on any atom is 0.222 e. The molecule has 1 aromatic carbocycles. The molecule has 1 fully saturated rings. The van der Waals surface area contributed by atoms with Crippen molar-refractivity contribution in [3.8, 4) is 0 Å². The Bertz CT molecular complexity index is 462. The topological polar surface area (TPSA) is 20.3 Å². The molecular formula is C18H27NO. The first-order valence-corrected chi connectivity index (χ1v) is 7.94. The molecule has 1 aliphatic carbocycles. The Kier molecular flexibility index (Phi) is 5.22. The molecule has 1 saturated carbocycles. The Labute approximate surface area is 123 Å². The van der Waals surface area contributed by atoms with E-state index in [-0.39, 0.29) is 0 Å². The minimum absolute atomic E-state index is 0.332. The molecular weight excluding hydrogens is 246 g/mol. The number of aryl methyl sites for hydroxylation is 3. The third-order valence-corrected chi connectivity index (χ3v) is 4.13. The molecule has 2 heteroatoms. The van der Waals surface area contributed by atoms with Gasteiger partial charge in [0.15, 0.2) is 0 Å². The largest absolute Gasteiger partial charge is 0.342 e. The normalized spacial score (nSPS) is 14.3. The van der Waals surface area contributed by atoms with Crippen LogP contribution in [0.1, 0.15) is 49.3 Å². The van der Waals surface area contributed by atoms with Gasteiger partial charge in [0, 0.05) is 19.5 Å². The lowest BCUT2D eigenvalue weighted by molar-refractivity contribution is -0.131. The van der Waals surface area contributed by atoms with Crippen molar-refractivity contribution in [1.82, 2.24) is 4.90 Å². The Hall–Kier alpha value is -1.31. The summed E-state index contributed by atoms with van der Waals surface area (Å²) in [5, 5.41) is 0. The zero-order chi connectivity index (χ0) is 14.5. The third kappa shape index (κ3) is 4.36. The van der Waals surface area contributed by atoms with Crippen LogP contribution in [0.15, 0.2) is 18.2 Å². The first-order valence-electron chi connectivity index (χ1n) is 7.94. The van der Waals surface area contributed by atoms with Gasteiger partial charge in [0.25, 0.3) is 0 Å². The van der Waals surface area contributed by atoms with E-state index >= 15 is 0 Å². The number of hydrogen-bond donors (Lipinski definition) is 0. The van der Waals surface area contributed by atoms with E-state index in [9.17, 15) is 4.79 Å². The molecule has 1 amide bonds. The average Bonchev–Trinajstić information content (AvgIpc) is 3.21. The highest BCUT2D eigenvalue weighted by Gasteiger charge is 2.26. The van der Waals surface area contributed by atoms with Crippen molar-refractivity contribution in [2.45, 2.75) is 52.9 Å². The molecule has 20 heavy (non-hydrogen) atoms. The van der Waals surface area contributed by atoms with E-state index in [0.717, 1.165) is 31.8 Å². The maximum atomic E-state index is 12.4. The van der Waals surface area contributed by atoms with Crippen LogP contribution in [-0.4, -0.2) is 23.9 Å². The van der Waals surface area contributed by atoms with E-state index in [1.54, 1.807) is 0 Å². The van der Waals surface area contributed by atoms with Crippen LogP contribution in [0, 0.1) is 19.8 Å². The molecule has 0 bridgehead atoms. The molecule has 1 aliphatic rings. The molecule has 0 heterocycles. The van der Waals surface area contributed by atoms with Gasteiger partial charge in [-0.1, -0.05) is 30.7 Å².